The second-order valence-electron chi connectivity index (χ2n) is 4.24. The van der Waals surface area contributed by atoms with Gasteiger partial charge in [-0.2, -0.15) is 0 Å². The number of methoxy groups -OCH3 is 1. The minimum absolute atomic E-state index is 0.121. The smallest absolute Gasteiger partial charge is 0.158 e. The highest BCUT2D eigenvalue weighted by molar-refractivity contribution is 5.85. The molecule has 0 saturated carbocycles. The third-order valence-electron chi connectivity index (χ3n) is 2.98. The molecule has 0 saturated heterocycles. The van der Waals surface area contributed by atoms with Gasteiger partial charge in [-0.3, -0.25) is 4.79 Å². The lowest BCUT2D eigenvalue weighted by Crippen LogP contribution is -2.04. The van der Waals surface area contributed by atoms with Crippen molar-refractivity contribution in [3.63, 3.8) is 0 Å². The molecular weight excluding hydrogens is 228 g/mol. The van der Waals surface area contributed by atoms with Crippen LogP contribution < -0.4 is 4.74 Å². The Labute approximate surface area is 106 Å². The molecule has 2 aromatic rings. The molecule has 0 fully saturated rings. The SMILES string of the molecule is COc1ccc2cc(CCC(=O)CO)ccc2c1. The van der Waals surface area contributed by atoms with Gasteiger partial charge in [-0.05, 0) is 34.9 Å². The van der Waals surface area contributed by atoms with Crippen molar-refractivity contribution >= 4 is 16.6 Å². The maximum Gasteiger partial charge on any atom is 0.158 e. The van der Waals surface area contributed by atoms with Crippen molar-refractivity contribution in [2.24, 2.45) is 0 Å². The van der Waals surface area contributed by atoms with E-state index in [-0.39, 0.29) is 12.4 Å². The van der Waals surface area contributed by atoms with Gasteiger partial charge in [0.2, 0.25) is 0 Å². The number of hydrogen-bond acceptors (Lipinski definition) is 3. The van der Waals surface area contributed by atoms with Crippen LogP contribution in [0.15, 0.2) is 36.4 Å². The number of ether oxygens (including phenoxy) is 1. The van der Waals surface area contributed by atoms with Crippen LogP contribution in [0.25, 0.3) is 10.8 Å². The lowest BCUT2D eigenvalue weighted by molar-refractivity contribution is -0.121. The number of benzene rings is 2. The molecule has 2 rings (SSSR count). The number of rotatable bonds is 5. The summed E-state index contributed by atoms with van der Waals surface area (Å²) >= 11 is 0. The Bertz CT molecular complexity index is 561. The van der Waals surface area contributed by atoms with Crippen molar-refractivity contribution < 1.29 is 14.6 Å². The summed E-state index contributed by atoms with van der Waals surface area (Å²) < 4.78 is 5.17. The van der Waals surface area contributed by atoms with E-state index in [1.807, 2.05) is 30.3 Å². The summed E-state index contributed by atoms with van der Waals surface area (Å²) in [5, 5.41) is 10.9. The number of aryl methyl sites for hydroxylation is 1. The Morgan fingerprint density at radius 1 is 1.17 bits per heavy atom. The standard InChI is InChI=1S/C15H16O3/c1-18-15-7-5-12-8-11(2-4-13(12)9-15)3-6-14(17)10-16/h2,4-5,7-9,16H,3,6,10H2,1H3. The molecule has 0 unspecified atom stereocenters. The van der Waals surface area contributed by atoms with Crippen molar-refractivity contribution in [3.05, 3.63) is 42.0 Å². The molecule has 0 radical (unpaired) electrons. The maximum absolute atomic E-state index is 11.1. The van der Waals surface area contributed by atoms with E-state index in [0.29, 0.717) is 12.8 Å². The zero-order chi connectivity index (χ0) is 13.0. The second-order valence-corrected chi connectivity index (χ2v) is 4.24. The summed E-state index contributed by atoms with van der Waals surface area (Å²) in [6, 6.07) is 12.0. The average molecular weight is 244 g/mol. The average Bonchev–Trinajstić information content (AvgIpc) is 2.43. The van der Waals surface area contributed by atoms with Crippen LogP contribution in [0.3, 0.4) is 0 Å². The summed E-state index contributed by atoms with van der Waals surface area (Å²) in [5.74, 6) is 0.718. The van der Waals surface area contributed by atoms with Crippen molar-refractivity contribution in [2.75, 3.05) is 13.7 Å². The van der Waals surface area contributed by atoms with Gasteiger partial charge in [0.15, 0.2) is 5.78 Å². The first-order valence-corrected chi connectivity index (χ1v) is 5.92. The van der Waals surface area contributed by atoms with Gasteiger partial charge in [0.25, 0.3) is 0 Å². The number of aliphatic hydroxyl groups is 1. The van der Waals surface area contributed by atoms with Crippen molar-refractivity contribution in [1.29, 1.82) is 0 Å². The third kappa shape index (κ3) is 2.87. The number of fused-ring (bicyclic) bond motifs is 1. The summed E-state index contributed by atoms with van der Waals surface area (Å²) in [6.07, 6.45) is 1.06. The number of aliphatic hydroxyl groups excluding tert-OH is 1. The van der Waals surface area contributed by atoms with E-state index < -0.39 is 0 Å². The predicted octanol–water partition coefficient (Wildman–Crippen LogP) is 2.34. The van der Waals surface area contributed by atoms with E-state index in [4.69, 9.17) is 9.84 Å². The molecule has 1 N–H and O–H groups in total. The molecular formula is C15H16O3. The van der Waals surface area contributed by atoms with Crippen molar-refractivity contribution in [2.45, 2.75) is 12.8 Å². The van der Waals surface area contributed by atoms with Gasteiger partial charge in [-0.25, -0.2) is 0 Å². The fraction of sp³-hybridized carbons (Fsp3) is 0.267. The molecule has 0 aromatic heterocycles. The highest BCUT2D eigenvalue weighted by atomic mass is 16.5. The van der Waals surface area contributed by atoms with Crippen molar-refractivity contribution in [3.8, 4) is 5.75 Å². The molecule has 2 aromatic carbocycles. The molecule has 3 heteroatoms. The van der Waals surface area contributed by atoms with Gasteiger partial charge < -0.3 is 9.84 Å². The Morgan fingerprint density at radius 2 is 1.89 bits per heavy atom. The maximum atomic E-state index is 11.1. The van der Waals surface area contributed by atoms with Gasteiger partial charge in [0, 0.05) is 6.42 Å². The zero-order valence-electron chi connectivity index (χ0n) is 10.3. The van der Waals surface area contributed by atoms with Crippen LogP contribution in [0.4, 0.5) is 0 Å². The first-order valence-electron chi connectivity index (χ1n) is 5.92. The number of ketones is 1. The Balaban J connectivity index is 2.20. The van der Waals surface area contributed by atoms with E-state index in [1.165, 1.54) is 0 Å². The summed E-state index contributed by atoms with van der Waals surface area (Å²) in [5.41, 5.74) is 1.11. The minimum atomic E-state index is -0.370. The van der Waals surface area contributed by atoms with E-state index >= 15 is 0 Å². The van der Waals surface area contributed by atoms with Gasteiger partial charge in [-0.1, -0.05) is 24.3 Å². The van der Waals surface area contributed by atoms with Gasteiger partial charge in [-0.15, -0.1) is 0 Å². The molecule has 0 bridgehead atoms. The van der Waals surface area contributed by atoms with Crippen LogP contribution in [-0.2, 0) is 11.2 Å². The lowest BCUT2D eigenvalue weighted by atomic mass is 10.0. The predicted molar refractivity (Wildman–Crippen MR) is 70.9 cm³/mol. The minimum Gasteiger partial charge on any atom is -0.497 e. The summed E-state index contributed by atoms with van der Waals surface area (Å²) in [6.45, 7) is -0.370. The monoisotopic (exact) mass is 244 g/mol. The summed E-state index contributed by atoms with van der Waals surface area (Å²) in [7, 11) is 1.65. The van der Waals surface area contributed by atoms with Crippen LogP contribution >= 0.6 is 0 Å². The molecule has 18 heavy (non-hydrogen) atoms. The Hall–Kier alpha value is -1.87. The van der Waals surface area contributed by atoms with Crippen LogP contribution in [0.5, 0.6) is 5.75 Å². The number of Topliss-reactive ketones (excluding diaryl/α,β-unsaturated/α-hetero) is 1. The highest BCUT2D eigenvalue weighted by Gasteiger charge is 2.02. The van der Waals surface area contributed by atoms with Crippen LogP contribution in [0.2, 0.25) is 0 Å². The lowest BCUT2D eigenvalue weighted by Gasteiger charge is -2.05. The number of carbonyl (C=O) groups is 1. The van der Waals surface area contributed by atoms with Crippen LogP contribution in [0.1, 0.15) is 12.0 Å². The quantitative estimate of drug-likeness (QED) is 0.878. The fourth-order valence-corrected chi connectivity index (χ4v) is 1.92. The second kappa shape index (κ2) is 5.65. The molecule has 0 atom stereocenters. The molecule has 0 spiro atoms. The molecule has 0 aliphatic carbocycles. The number of hydrogen-bond donors (Lipinski definition) is 1. The third-order valence-corrected chi connectivity index (χ3v) is 2.98. The van der Waals surface area contributed by atoms with E-state index in [0.717, 1.165) is 22.1 Å². The molecule has 0 amide bonds. The number of carbonyl (C=O) groups excluding carboxylic acids is 1. The highest BCUT2D eigenvalue weighted by Crippen LogP contribution is 2.22. The zero-order valence-corrected chi connectivity index (χ0v) is 10.3. The molecule has 0 aliphatic heterocycles. The topological polar surface area (TPSA) is 46.5 Å². The summed E-state index contributed by atoms with van der Waals surface area (Å²) in [4.78, 5) is 11.1. The van der Waals surface area contributed by atoms with E-state index in [1.54, 1.807) is 7.11 Å². The van der Waals surface area contributed by atoms with E-state index in [2.05, 4.69) is 6.07 Å². The Kier molecular flexibility index (Phi) is 3.95. The van der Waals surface area contributed by atoms with Crippen molar-refractivity contribution in [1.82, 2.24) is 0 Å². The first kappa shape index (κ1) is 12.6. The molecule has 3 nitrogen and oxygen atoms in total. The molecule has 94 valence electrons. The normalized spacial score (nSPS) is 10.6. The van der Waals surface area contributed by atoms with Gasteiger partial charge >= 0.3 is 0 Å². The van der Waals surface area contributed by atoms with Gasteiger partial charge in [0.05, 0.1) is 7.11 Å². The van der Waals surface area contributed by atoms with Crippen LogP contribution in [0, 0.1) is 0 Å². The fourth-order valence-electron chi connectivity index (χ4n) is 1.92. The Morgan fingerprint density at radius 3 is 2.61 bits per heavy atom. The van der Waals surface area contributed by atoms with Crippen LogP contribution in [-0.4, -0.2) is 24.6 Å². The largest absolute Gasteiger partial charge is 0.497 e. The molecule has 0 heterocycles. The van der Waals surface area contributed by atoms with Gasteiger partial charge in [0.1, 0.15) is 12.4 Å². The molecule has 0 aliphatic rings. The first-order chi connectivity index (χ1) is 8.72. The van der Waals surface area contributed by atoms with E-state index in [9.17, 15) is 4.79 Å².